The molecule has 0 saturated heterocycles. The molecule has 5 nitrogen and oxygen atoms in total. The molecule has 0 aliphatic carbocycles. The van der Waals surface area contributed by atoms with Crippen molar-refractivity contribution in [3.8, 4) is 0 Å². The highest BCUT2D eigenvalue weighted by Crippen LogP contribution is 2.13. The molecule has 0 aliphatic heterocycles. The molecule has 1 rings (SSSR count). The van der Waals surface area contributed by atoms with Gasteiger partial charge in [-0.2, -0.15) is 0 Å². The molecular weight excluding hydrogens is 249 g/mol. The molecule has 0 unspecified atom stereocenters. The molecule has 2 N–H and O–H groups in total. The van der Waals surface area contributed by atoms with Crippen molar-refractivity contribution in [3.05, 3.63) is 29.6 Å². The molecular formula is C10H12FNO4S. The Kier molecular flexibility index (Phi) is 4.06. The van der Waals surface area contributed by atoms with Crippen molar-refractivity contribution in [2.45, 2.75) is 0 Å². The number of nitrogens with two attached hydrogens (primary N) is 1. The van der Waals surface area contributed by atoms with E-state index in [1.807, 2.05) is 0 Å². The maximum absolute atomic E-state index is 13.2. The van der Waals surface area contributed by atoms with Crippen LogP contribution in [0.3, 0.4) is 0 Å². The fraction of sp³-hybridized carbons (Fsp3) is 0.300. The lowest BCUT2D eigenvalue weighted by Crippen LogP contribution is -2.15. The third kappa shape index (κ3) is 4.39. The van der Waals surface area contributed by atoms with Gasteiger partial charge in [-0.25, -0.2) is 17.6 Å². The van der Waals surface area contributed by atoms with Gasteiger partial charge in [0.15, 0.2) is 9.84 Å². The molecule has 1 aromatic carbocycles. The van der Waals surface area contributed by atoms with Crippen molar-refractivity contribution in [3.63, 3.8) is 0 Å². The molecule has 0 bridgehead atoms. The van der Waals surface area contributed by atoms with Gasteiger partial charge in [-0.3, -0.25) is 0 Å². The predicted molar refractivity (Wildman–Crippen MR) is 60.8 cm³/mol. The number of carbonyl (C=O) groups excluding carboxylic acids is 1. The Bertz CT molecular complexity index is 527. The van der Waals surface area contributed by atoms with E-state index < -0.39 is 21.6 Å². The second-order valence-corrected chi connectivity index (χ2v) is 5.76. The first-order valence-electron chi connectivity index (χ1n) is 4.69. The SMILES string of the molecule is CS(=O)(=O)CCOC(=O)c1cc(N)ccc1F. The van der Waals surface area contributed by atoms with Gasteiger partial charge in [0.2, 0.25) is 0 Å². The number of hydrogen-bond acceptors (Lipinski definition) is 5. The molecule has 7 heteroatoms. The number of benzene rings is 1. The van der Waals surface area contributed by atoms with Gasteiger partial charge in [-0.05, 0) is 18.2 Å². The topological polar surface area (TPSA) is 86.5 Å². The molecule has 17 heavy (non-hydrogen) atoms. The lowest BCUT2D eigenvalue weighted by Gasteiger charge is -2.05. The smallest absolute Gasteiger partial charge is 0.341 e. The van der Waals surface area contributed by atoms with Gasteiger partial charge in [0.05, 0.1) is 11.3 Å². The first-order valence-corrected chi connectivity index (χ1v) is 6.75. The lowest BCUT2D eigenvalue weighted by atomic mass is 10.2. The van der Waals surface area contributed by atoms with Crippen LogP contribution in [0.15, 0.2) is 18.2 Å². The Hall–Kier alpha value is -1.63. The molecule has 0 aromatic heterocycles. The number of nitrogen functional groups attached to an aromatic ring is 1. The largest absolute Gasteiger partial charge is 0.461 e. The summed E-state index contributed by atoms with van der Waals surface area (Å²) in [7, 11) is -3.22. The minimum Gasteiger partial charge on any atom is -0.461 e. The number of hydrogen-bond donors (Lipinski definition) is 1. The Morgan fingerprint density at radius 3 is 2.71 bits per heavy atom. The average Bonchev–Trinajstić information content (AvgIpc) is 2.19. The second-order valence-electron chi connectivity index (χ2n) is 3.51. The highest BCUT2D eigenvalue weighted by atomic mass is 32.2. The number of anilines is 1. The fourth-order valence-corrected chi connectivity index (χ4v) is 1.45. The van der Waals surface area contributed by atoms with Gasteiger partial charge in [0, 0.05) is 11.9 Å². The number of esters is 1. The van der Waals surface area contributed by atoms with E-state index in [9.17, 15) is 17.6 Å². The second kappa shape index (κ2) is 5.13. The van der Waals surface area contributed by atoms with Gasteiger partial charge in [0.25, 0.3) is 0 Å². The quantitative estimate of drug-likeness (QED) is 0.634. The first kappa shape index (κ1) is 13.4. The van der Waals surface area contributed by atoms with Crippen LogP contribution in [-0.4, -0.2) is 33.0 Å². The van der Waals surface area contributed by atoms with E-state index in [0.29, 0.717) is 0 Å². The fourth-order valence-electron chi connectivity index (χ4n) is 1.06. The summed E-state index contributed by atoms with van der Waals surface area (Å²) in [5.74, 6) is -2.00. The molecule has 0 spiro atoms. The Morgan fingerprint density at radius 1 is 1.47 bits per heavy atom. The summed E-state index contributed by atoms with van der Waals surface area (Å²) in [5.41, 5.74) is 5.31. The third-order valence-electron chi connectivity index (χ3n) is 1.90. The van der Waals surface area contributed by atoms with Crippen molar-refractivity contribution in [2.24, 2.45) is 0 Å². The van der Waals surface area contributed by atoms with Crippen LogP contribution in [0.25, 0.3) is 0 Å². The number of ether oxygens (including phenoxy) is 1. The summed E-state index contributed by atoms with van der Waals surface area (Å²) in [4.78, 5) is 11.4. The average molecular weight is 261 g/mol. The number of carbonyl (C=O) groups is 1. The Morgan fingerprint density at radius 2 is 2.12 bits per heavy atom. The van der Waals surface area contributed by atoms with Crippen molar-refractivity contribution in [1.82, 2.24) is 0 Å². The van der Waals surface area contributed by atoms with Crippen molar-refractivity contribution < 1.29 is 22.3 Å². The molecule has 0 fully saturated rings. The zero-order chi connectivity index (χ0) is 13.1. The summed E-state index contributed by atoms with van der Waals surface area (Å²) in [6, 6.07) is 3.49. The molecule has 94 valence electrons. The standard InChI is InChI=1S/C10H12FNO4S/c1-17(14,15)5-4-16-10(13)8-6-7(12)2-3-9(8)11/h2-3,6H,4-5,12H2,1H3. The maximum Gasteiger partial charge on any atom is 0.341 e. The minimum absolute atomic E-state index is 0.224. The molecule has 0 radical (unpaired) electrons. The zero-order valence-corrected chi connectivity index (χ0v) is 9.96. The van der Waals surface area contributed by atoms with Gasteiger partial charge < -0.3 is 10.5 Å². The summed E-state index contributed by atoms with van der Waals surface area (Å²) < 4.78 is 39.4. The lowest BCUT2D eigenvalue weighted by molar-refractivity contribution is 0.0524. The van der Waals surface area contributed by atoms with Crippen molar-refractivity contribution in [1.29, 1.82) is 0 Å². The molecule has 0 saturated carbocycles. The van der Waals surface area contributed by atoms with E-state index in [2.05, 4.69) is 4.74 Å². The van der Waals surface area contributed by atoms with E-state index in [1.165, 1.54) is 6.07 Å². The molecule has 0 amide bonds. The summed E-state index contributed by atoms with van der Waals surface area (Å²) >= 11 is 0. The molecule has 1 aromatic rings. The summed E-state index contributed by atoms with van der Waals surface area (Å²) in [5, 5.41) is 0. The monoisotopic (exact) mass is 261 g/mol. The highest BCUT2D eigenvalue weighted by molar-refractivity contribution is 7.90. The van der Waals surface area contributed by atoms with Crippen molar-refractivity contribution >= 4 is 21.5 Å². The van der Waals surface area contributed by atoms with Gasteiger partial charge in [0.1, 0.15) is 12.4 Å². The Labute approximate surface area is 98.3 Å². The van der Waals surface area contributed by atoms with Gasteiger partial charge in [-0.15, -0.1) is 0 Å². The van der Waals surface area contributed by atoms with Crippen LogP contribution in [0.2, 0.25) is 0 Å². The van der Waals surface area contributed by atoms with E-state index in [1.54, 1.807) is 0 Å². The van der Waals surface area contributed by atoms with E-state index in [0.717, 1.165) is 18.4 Å². The van der Waals surface area contributed by atoms with Crippen LogP contribution < -0.4 is 5.73 Å². The van der Waals surface area contributed by atoms with Gasteiger partial charge >= 0.3 is 5.97 Å². The van der Waals surface area contributed by atoms with Crippen LogP contribution in [0.5, 0.6) is 0 Å². The normalized spacial score (nSPS) is 11.2. The summed E-state index contributed by atoms with van der Waals surface area (Å²) in [6.45, 7) is -0.314. The van der Waals surface area contributed by atoms with Gasteiger partial charge in [-0.1, -0.05) is 0 Å². The maximum atomic E-state index is 13.2. The minimum atomic E-state index is -3.22. The van der Waals surface area contributed by atoms with E-state index in [4.69, 9.17) is 5.73 Å². The number of rotatable bonds is 4. The predicted octanol–water partition coefficient (Wildman–Crippen LogP) is 0.609. The summed E-state index contributed by atoms with van der Waals surface area (Å²) in [6.07, 6.45) is 1.02. The zero-order valence-electron chi connectivity index (χ0n) is 9.14. The third-order valence-corrected chi connectivity index (χ3v) is 2.81. The van der Waals surface area contributed by atoms with Crippen LogP contribution in [0.4, 0.5) is 10.1 Å². The molecule has 0 aliphatic rings. The van der Waals surface area contributed by atoms with E-state index in [-0.39, 0.29) is 23.6 Å². The van der Waals surface area contributed by atoms with Crippen LogP contribution in [0.1, 0.15) is 10.4 Å². The van der Waals surface area contributed by atoms with Crippen LogP contribution >= 0.6 is 0 Å². The first-order chi connectivity index (χ1) is 7.79. The van der Waals surface area contributed by atoms with Crippen LogP contribution in [-0.2, 0) is 14.6 Å². The molecule has 0 heterocycles. The van der Waals surface area contributed by atoms with Crippen molar-refractivity contribution in [2.75, 3.05) is 24.3 Å². The molecule has 0 atom stereocenters. The van der Waals surface area contributed by atoms with E-state index >= 15 is 0 Å². The number of halogens is 1. The Balaban J connectivity index is 2.67. The van der Waals surface area contributed by atoms with Crippen LogP contribution in [0, 0.1) is 5.82 Å². The number of sulfone groups is 1. The highest BCUT2D eigenvalue weighted by Gasteiger charge is 2.14.